The third-order valence-electron chi connectivity index (χ3n) is 3.64. The number of aromatic hydroxyl groups is 1. The summed E-state index contributed by atoms with van der Waals surface area (Å²) in [5.74, 6) is -0.866. The van der Waals surface area contributed by atoms with E-state index >= 15 is 0 Å². The van der Waals surface area contributed by atoms with Crippen LogP contribution in [-0.4, -0.2) is 22.7 Å². The molecule has 0 saturated carbocycles. The van der Waals surface area contributed by atoms with Crippen molar-refractivity contribution in [3.05, 3.63) is 28.3 Å². The third-order valence-corrected chi connectivity index (χ3v) is 3.93. The highest BCUT2D eigenvalue weighted by Gasteiger charge is 2.32. The van der Waals surface area contributed by atoms with Crippen LogP contribution in [0, 0.1) is 5.92 Å². The van der Waals surface area contributed by atoms with E-state index in [1.807, 2.05) is 6.07 Å². The predicted molar refractivity (Wildman–Crippen MR) is 73.7 cm³/mol. The Balaban J connectivity index is 2.32. The second-order valence-electron chi connectivity index (χ2n) is 5.33. The highest BCUT2D eigenvalue weighted by atomic mass is 35.5. The Bertz CT molecular complexity index is 502. The molecule has 104 valence electrons. The fraction of sp³-hybridized carbons (Fsp3) is 0.500. The largest absolute Gasteiger partial charge is 0.506 e. The molecule has 0 aliphatic carbocycles. The SMILES string of the molecule is CC(C)c1cc(Cl)c(O)c(C2CC(C(=O)O)CN2)c1. The smallest absolute Gasteiger partial charge is 0.307 e. The summed E-state index contributed by atoms with van der Waals surface area (Å²) in [4.78, 5) is 11.0. The molecule has 3 N–H and O–H groups in total. The molecular weight excluding hydrogens is 266 g/mol. The fourth-order valence-corrected chi connectivity index (χ4v) is 2.64. The Morgan fingerprint density at radius 3 is 2.68 bits per heavy atom. The van der Waals surface area contributed by atoms with Crippen molar-refractivity contribution >= 4 is 17.6 Å². The van der Waals surface area contributed by atoms with Gasteiger partial charge in [-0.15, -0.1) is 0 Å². The predicted octanol–water partition coefficient (Wildman–Crippen LogP) is 2.90. The molecule has 0 amide bonds. The summed E-state index contributed by atoms with van der Waals surface area (Å²) in [5, 5.41) is 22.5. The normalized spacial score (nSPS) is 22.9. The molecule has 2 unspecified atom stereocenters. The molecule has 1 aliphatic heterocycles. The summed E-state index contributed by atoms with van der Waals surface area (Å²) >= 11 is 6.05. The van der Waals surface area contributed by atoms with Gasteiger partial charge in [-0.3, -0.25) is 4.79 Å². The van der Waals surface area contributed by atoms with Crippen LogP contribution in [0.25, 0.3) is 0 Å². The number of hydrogen-bond acceptors (Lipinski definition) is 3. The van der Waals surface area contributed by atoms with Gasteiger partial charge < -0.3 is 15.5 Å². The maximum atomic E-state index is 11.0. The number of phenols is 1. The van der Waals surface area contributed by atoms with Gasteiger partial charge in [0.25, 0.3) is 0 Å². The van der Waals surface area contributed by atoms with Crippen LogP contribution in [0.5, 0.6) is 5.75 Å². The minimum Gasteiger partial charge on any atom is -0.506 e. The van der Waals surface area contributed by atoms with Crippen LogP contribution in [0.15, 0.2) is 12.1 Å². The average molecular weight is 284 g/mol. The molecule has 1 aromatic carbocycles. The van der Waals surface area contributed by atoms with Crippen molar-refractivity contribution in [3.8, 4) is 5.75 Å². The van der Waals surface area contributed by atoms with E-state index in [0.717, 1.165) is 5.56 Å². The molecule has 0 aromatic heterocycles. The van der Waals surface area contributed by atoms with Gasteiger partial charge in [-0.1, -0.05) is 31.5 Å². The Kier molecular flexibility index (Phi) is 4.02. The fourth-order valence-electron chi connectivity index (χ4n) is 2.40. The van der Waals surface area contributed by atoms with E-state index in [2.05, 4.69) is 19.2 Å². The molecule has 4 nitrogen and oxygen atoms in total. The lowest BCUT2D eigenvalue weighted by Crippen LogP contribution is -2.17. The summed E-state index contributed by atoms with van der Waals surface area (Å²) in [7, 11) is 0. The van der Waals surface area contributed by atoms with E-state index < -0.39 is 11.9 Å². The highest BCUT2D eigenvalue weighted by molar-refractivity contribution is 6.32. The van der Waals surface area contributed by atoms with Crippen molar-refractivity contribution in [1.82, 2.24) is 5.32 Å². The maximum Gasteiger partial charge on any atom is 0.307 e. The number of nitrogens with one attached hydrogen (secondary N) is 1. The Morgan fingerprint density at radius 1 is 1.47 bits per heavy atom. The van der Waals surface area contributed by atoms with E-state index in [1.54, 1.807) is 6.07 Å². The minimum absolute atomic E-state index is 0.0506. The number of rotatable bonds is 3. The third kappa shape index (κ3) is 2.85. The molecule has 0 spiro atoms. The quantitative estimate of drug-likeness (QED) is 0.798. The molecule has 0 radical (unpaired) electrons. The van der Waals surface area contributed by atoms with Crippen LogP contribution in [0.4, 0.5) is 0 Å². The highest BCUT2D eigenvalue weighted by Crippen LogP contribution is 2.39. The number of carbonyl (C=O) groups is 1. The first kappa shape index (κ1) is 14.2. The van der Waals surface area contributed by atoms with Crippen molar-refractivity contribution in [2.24, 2.45) is 5.92 Å². The van der Waals surface area contributed by atoms with E-state index in [0.29, 0.717) is 29.5 Å². The summed E-state index contributed by atoms with van der Waals surface area (Å²) < 4.78 is 0. The Morgan fingerprint density at radius 2 is 2.16 bits per heavy atom. The van der Waals surface area contributed by atoms with Crippen LogP contribution in [-0.2, 0) is 4.79 Å². The monoisotopic (exact) mass is 283 g/mol. The lowest BCUT2D eigenvalue weighted by Gasteiger charge is -2.17. The van der Waals surface area contributed by atoms with Gasteiger partial charge in [-0.2, -0.15) is 0 Å². The number of carboxylic acid groups (broad SMARTS) is 1. The van der Waals surface area contributed by atoms with Gasteiger partial charge in [0.05, 0.1) is 10.9 Å². The van der Waals surface area contributed by atoms with Crippen LogP contribution in [0.2, 0.25) is 5.02 Å². The molecule has 19 heavy (non-hydrogen) atoms. The molecule has 2 rings (SSSR count). The number of benzene rings is 1. The Hall–Kier alpha value is -1.26. The van der Waals surface area contributed by atoms with Crippen molar-refractivity contribution in [2.75, 3.05) is 6.54 Å². The minimum atomic E-state index is -0.805. The number of aliphatic carboxylic acids is 1. The first-order chi connectivity index (χ1) is 8.90. The molecular formula is C14H18ClNO3. The van der Waals surface area contributed by atoms with Crippen molar-refractivity contribution in [3.63, 3.8) is 0 Å². The van der Waals surface area contributed by atoms with Crippen LogP contribution < -0.4 is 5.32 Å². The van der Waals surface area contributed by atoms with Crippen LogP contribution in [0.3, 0.4) is 0 Å². The van der Waals surface area contributed by atoms with E-state index in [9.17, 15) is 9.90 Å². The molecule has 1 saturated heterocycles. The molecule has 1 heterocycles. The maximum absolute atomic E-state index is 11.0. The van der Waals surface area contributed by atoms with Gasteiger partial charge in [0.15, 0.2) is 0 Å². The van der Waals surface area contributed by atoms with Crippen LogP contribution >= 0.6 is 11.6 Å². The zero-order valence-corrected chi connectivity index (χ0v) is 11.7. The molecule has 1 aliphatic rings. The van der Waals surface area contributed by atoms with Gasteiger partial charge >= 0.3 is 5.97 Å². The Labute approximate surface area is 117 Å². The summed E-state index contributed by atoms with van der Waals surface area (Å²) in [6.07, 6.45) is 0.473. The second-order valence-corrected chi connectivity index (χ2v) is 5.73. The van der Waals surface area contributed by atoms with Gasteiger partial charge in [0.2, 0.25) is 0 Å². The van der Waals surface area contributed by atoms with Crippen molar-refractivity contribution in [1.29, 1.82) is 0 Å². The number of halogens is 1. The number of phenolic OH excluding ortho intramolecular Hbond substituents is 1. The van der Waals surface area contributed by atoms with Gasteiger partial charge in [0.1, 0.15) is 5.75 Å². The number of carboxylic acids is 1. The van der Waals surface area contributed by atoms with Crippen LogP contribution in [0.1, 0.15) is 43.4 Å². The summed E-state index contributed by atoms with van der Waals surface area (Å²) in [5.41, 5.74) is 1.73. The van der Waals surface area contributed by atoms with E-state index in [4.69, 9.17) is 16.7 Å². The average Bonchev–Trinajstić information content (AvgIpc) is 2.81. The van der Waals surface area contributed by atoms with Gasteiger partial charge in [0, 0.05) is 18.2 Å². The van der Waals surface area contributed by atoms with Gasteiger partial charge in [-0.05, 0) is 24.0 Å². The molecule has 1 aromatic rings. The topological polar surface area (TPSA) is 69.6 Å². The lowest BCUT2D eigenvalue weighted by molar-refractivity contribution is -0.141. The zero-order valence-electron chi connectivity index (χ0n) is 11.0. The molecule has 0 bridgehead atoms. The number of hydrogen-bond donors (Lipinski definition) is 3. The van der Waals surface area contributed by atoms with Crippen molar-refractivity contribution in [2.45, 2.75) is 32.2 Å². The summed E-state index contributed by atoms with van der Waals surface area (Å²) in [6, 6.07) is 3.51. The second kappa shape index (κ2) is 5.39. The van der Waals surface area contributed by atoms with Crippen molar-refractivity contribution < 1.29 is 15.0 Å². The first-order valence-electron chi connectivity index (χ1n) is 6.38. The summed E-state index contributed by atoms with van der Waals surface area (Å²) in [6.45, 7) is 4.52. The van der Waals surface area contributed by atoms with Gasteiger partial charge in [-0.25, -0.2) is 0 Å². The van der Waals surface area contributed by atoms with E-state index in [-0.39, 0.29) is 11.8 Å². The first-order valence-corrected chi connectivity index (χ1v) is 6.76. The standard InChI is InChI=1S/C14H18ClNO3/c1-7(2)8-3-10(13(17)11(15)4-8)12-5-9(6-16-12)14(18)19/h3-4,7,9,12,16-17H,5-6H2,1-2H3,(H,18,19). The zero-order chi connectivity index (χ0) is 14.2. The van der Waals surface area contributed by atoms with E-state index in [1.165, 1.54) is 0 Å². The molecule has 5 heteroatoms. The molecule has 2 atom stereocenters. The molecule has 1 fully saturated rings. The lowest BCUT2D eigenvalue weighted by atomic mass is 9.94.